The number of nitrogens with zero attached hydrogens (tertiary/aromatic N) is 1. The first kappa shape index (κ1) is 16.9. The highest BCUT2D eigenvalue weighted by molar-refractivity contribution is 4.79. The molecule has 1 N–H and O–H groups in total. The molecule has 0 aromatic rings. The summed E-state index contributed by atoms with van der Waals surface area (Å²) in [6.07, 6.45) is 1.20. The van der Waals surface area contributed by atoms with Crippen molar-refractivity contribution in [1.29, 1.82) is 0 Å². The maximum Gasteiger partial charge on any atom is 0.0589 e. The van der Waals surface area contributed by atoms with Crippen molar-refractivity contribution in [2.75, 3.05) is 46.9 Å². The lowest BCUT2D eigenvalue weighted by Gasteiger charge is -2.33. The standard InChI is InChI=1S/C14H32N2O/c1-7-14(4,11-15-10-13(2)3)12-16(5)8-9-17-6/h13,15H,7-12H2,1-6H3. The largest absolute Gasteiger partial charge is 0.383 e. The summed E-state index contributed by atoms with van der Waals surface area (Å²) in [7, 11) is 3.94. The lowest BCUT2D eigenvalue weighted by atomic mass is 9.86. The van der Waals surface area contributed by atoms with E-state index in [1.165, 1.54) is 6.42 Å². The average molecular weight is 244 g/mol. The van der Waals surface area contributed by atoms with Gasteiger partial charge in [0.1, 0.15) is 0 Å². The zero-order valence-corrected chi connectivity index (χ0v) is 12.7. The second-order valence-corrected chi connectivity index (χ2v) is 5.92. The molecule has 0 aromatic heterocycles. The Balaban J connectivity index is 3.98. The van der Waals surface area contributed by atoms with Crippen LogP contribution in [0.2, 0.25) is 0 Å². The number of ether oxygens (including phenoxy) is 1. The Hall–Kier alpha value is -0.120. The summed E-state index contributed by atoms with van der Waals surface area (Å²) < 4.78 is 5.12. The fourth-order valence-electron chi connectivity index (χ4n) is 1.93. The van der Waals surface area contributed by atoms with Gasteiger partial charge in [-0.1, -0.05) is 27.7 Å². The molecule has 0 amide bonds. The molecule has 0 aromatic carbocycles. The highest BCUT2D eigenvalue weighted by Crippen LogP contribution is 2.21. The Kier molecular flexibility index (Phi) is 8.83. The van der Waals surface area contributed by atoms with Crippen molar-refractivity contribution in [2.45, 2.75) is 34.1 Å². The van der Waals surface area contributed by atoms with Crippen molar-refractivity contribution in [1.82, 2.24) is 10.2 Å². The van der Waals surface area contributed by atoms with E-state index in [1.807, 2.05) is 0 Å². The Morgan fingerprint density at radius 2 is 2.00 bits per heavy atom. The highest BCUT2D eigenvalue weighted by atomic mass is 16.5. The third-order valence-corrected chi connectivity index (χ3v) is 3.29. The van der Waals surface area contributed by atoms with E-state index in [2.05, 4.69) is 45.0 Å². The van der Waals surface area contributed by atoms with Gasteiger partial charge in [-0.3, -0.25) is 0 Å². The summed E-state index contributed by atoms with van der Waals surface area (Å²) in [5.74, 6) is 0.724. The van der Waals surface area contributed by atoms with Gasteiger partial charge >= 0.3 is 0 Å². The topological polar surface area (TPSA) is 24.5 Å². The van der Waals surface area contributed by atoms with Gasteiger partial charge in [0.05, 0.1) is 6.61 Å². The van der Waals surface area contributed by atoms with Crippen molar-refractivity contribution in [3.63, 3.8) is 0 Å². The molecule has 0 saturated carbocycles. The molecule has 17 heavy (non-hydrogen) atoms. The molecule has 104 valence electrons. The second kappa shape index (κ2) is 8.90. The van der Waals surface area contributed by atoms with Crippen molar-refractivity contribution < 1.29 is 4.74 Å². The second-order valence-electron chi connectivity index (χ2n) is 5.92. The molecule has 3 nitrogen and oxygen atoms in total. The minimum absolute atomic E-state index is 0.359. The van der Waals surface area contributed by atoms with Crippen LogP contribution in [-0.2, 0) is 4.74 Å². The molecule has 0 aliphatic carbocycles. The fraction of sp³-hybridized carbons (Fsp3) is 1.00. The lowest BCUT2D eigenvalue weighted by Crippen LogP contribution is -2.42. The molecular weight excluding hydrogens is 212 g/mol. The predicted octanol–water partition coefficient (Wildman–Crippen LogP) is 2.23. The first-order valence-corrected chi connectivity index (χ1v) is 6.81. The third kappa shape index (κ3) is 8.58. The van der Waals surface area contributed by atoms with Crippen LogP contribution in [0.1, 0.15) is 34.1 Å². The summed E-state index contributed by atoms with van der Waals surface area (Å²) in [4.78, 5) is 2.37. The maximum atomic E-state index is 5.12. The molecule has 0 aliphatic heterocycles. The van der Waals surface area contributed by atoms with Crippen LogP contribution >= 0.6 is 0 Å². The van der Waals surface area contributed by atoms with Crippen LogP contribution in [0.25, 0.3) is 0 Å². The molecule has 1 unspecified atom stereocenters. The van der Waals surface area contributed by atoms with Gasteiger partial charge in [-0.25, -0.2) is 0 Å². The van der Waals surface area contributed by atoms with Crippen molar-refractivity contribution >= 4 is 0 Å². The molecule has 0 fully saturated rings. The zero-order valence-electron chi connectivity index (χ0n) is 12.7. The van der Waals surface area contributed by atoms with E-state index in [-0.39, 0.29) is 0 Å². The van der Waals surface area contributed by atoms with E-state index in [0.29, 0.717) is 5.41 Å². The molecule has 0 aliphatic rings. The Morgan fingerprint density at radius 3 is 2.47 bits per heavy atom. The van der Waals surface area contributed by atoms with Crippen LogP contribution in [0.5, 0.6) is 0 Å². The minimum Gasteiger partial charge on any atom is -0.383 e. The molecule has 0 rings (SSSR count). The summed E-state index contributed by atoms with van der Waals surface area (Å²) in [6.45, 7) is 14.3. The van der Waals surface area contributed by atoms with Crippen molar-refractivity contribution in [3.05, 3.63) is 0 Å². The SMILES string of the molecule is CCC(C)(CNCC(C)C)CN(C)CCOC. The average Bonchev–Trinajstić information content (AvgIpc) is 2.25. The van der Waals surface area contributed by atoms with Gasteiger partial charge in [0.2, 0.25) is 0 Å². The van der Waals surface area contributed by atoms with Crippen LogP contribution in [0.4, 0.5) is 0 Å². The number of likely N-dealkylation sites (N-methyl/N-ethyl adjacent to an activating group) is 1. The van der Waals surface area contributed by atoms with E-state index < -0.39 is 0 Å². The summed E-state index contributed by atoms with van der Waals surface area (Å²) in [5, 5.41) is 3.58. The Labute approximate surface area is 108 Å². The molecule has 1 atom stereocenters. The third-order valence-electron chi connectivity index (χ3n) is 3.29. The Morgan fingerprint density at radius 1 is 1.35 bits per heavy atom. The van der Waals surface area contributed by atoms with E-state index >= 15 is 0 Å². The molecular formula is C14H32N2O. The van der Waals surface area contributed by atoms with Gasteiger partial charge in [0.25, 0.3) is 0 Å². The van der Waals surface area contributed by atoms with Crippen molar-refractivity contribution in [2.24, 2.45) is 11.3 Å². The molecule has 0 heterocycles. The fourth-order valence-corrected chi connectivity index (χ4v) is 1.93. The first-order valence-electron chi connectivity index (χ1n) is 6.81. The van der Waals surface area contributed by atoms with Gasteiger partial charge in [-0.15, -0.1) is 0 Å². The van der Waals surface area contributed by atoms with Crippen LogP contribution in [0.3, 0.4) is 0 Å². The number of methoxy groups -OCH3 is 1. The zero-order chi connectivity index (χ0) is 13.3. The normalized spacial score (nSPS) is 15.5. The minimum atomic E-state index is 0.359. The van der Waals surface area contributed by atoms with Gasteiger partial charge in [0.15, 0.2) is 0 Å². The molecule has 0 bridgehead atoms. The maximum absolute atomic E-state index is 5.12. The van der Waals surface area contributed by atoms with E-state index in [9.17, 15) is 0 Å². The number of rotatable bonds is 10. The quantitative estimate of drug-likeness (QED) is 0.638. The van der Waals surface area contributed by atoms with Crippen molar-refractivity contribution in [3.8, 4) is 0 Å². The highest BCUT2D eigenvalue weighted by Gasteiger charge is 2.23. The lowest BCUT2D eigenvalue weighted by molar-refractivity contribution is 0.126. The van der Waals surface area contributed by atoms with E-state index in [0.717, 1.165) is 38.7 Å². The summed E-state index contributed by atoms with van der Waals surface area (Å²) >= 11 is 0. The number of hydrogen-bond acceptors (Lipinski definition) is 3. The summed E-state index contributed by atoms with van der Waals surface area (Å²) in [6, 6.07) is 0. The van der Waals surface area contributed by atoms with Gasteiger partial charge < -0.3 is 15.0 Å². The van der Waals surface area contributed by atoms with Gasteiger partial charge in [-0.05, 0) is 31.3 Å². The molecule has 0 spiro atoms. The van der Waals surface area contributed by atoms with Gasteiger partial charge in [-0.2, -0.15) is 0 Å². The van der Waals surface area contributed by atoms with E-state index in [4.69, 9.17) is 4.74 Å². The number of nitrogens with one attached hydrogen (secondary N) is 1. The van der Waals surface area contributed by atoms with Crippen LogP contribution in [0, 0.1) is 11.3 Å². The van der Waals surface area contributed by atoms with Crippen LogP contribution in [0.15, 0.2) is 0 Å². The van der Waals surface area contributed by atoms with Gasteiger partial charge in [0, 0.05) is 26.7 Å². The number of hydrogen-bond donors (Lipinski definition) is 1. The molecule has 0 saturated heterocycles. The Bertz CT molecular complexity index is 185. The van der Waals surface area contributed by atoms with Crippen LogP contribution < -0.4 is 5.32 Å². The first-order chi connectivity index (χ1) is 7.93. The van der Waals surface area contributed by atoms with Crippen LogP contribution in [-0.4, -0.2) is 51.8 Å². The summed E-state index contributed by atoms with van der Waals surface area (Å²) in [5.41, 5.74) is 0.359. The monoisotopic (exact) mass is 244 g/mol. The predicted molar refractivity (Wildman–Crippen MR) is 75.5 cm³/mol. The smallest absolute Gasteiger partial charge is 0.0589 e. The molecule has 0 radical (unpaired) electrons. The molecule has 3 heteroatoms. The van der Waals surface area contributed by atoms with E-state index in [1.54, 1.807) is 7.11 Å².